The lowest BCUT2D eigenvalue weighted by atomic mass is 10.2. The maximum Gasteiger partial charge on any atom is 0.339 e. The van der Waals surface area contributed by atoms with Gasteiger partial charge in [0.15, 0.2) is 4.34 Å². The number of carbonyl (C=O) groups excluding carboxylic acids is 1. The van der Waals surface area contributed by atoms with Gasteiger partial charge in [-0.05, 0) is 19.1 Å². The van der Waals surface area contributed by atoms with E-state index in [0.717, 1.165) is 0 Å². The first-order valence-electron chi connectivity index (χ1n) is 5.32. The van der Waals surface area contributed by atoms with Crippen molar-refractivity contribution in [2.24, 2.45) is 0 Å². The number of halogens is 1. The Balaban J connectivity index is 2.42. The van der Waals surface area contributed by atoms with Crippen LogP contribution >= 0.6 is 34.7 Å². The first-order chi connectivity index (χ1) is 9.11. The van der Waals surface area contributed by atoms with E-state index in [4.69, 9.17) is 22.1 Å². The van der Waals surface area contributed by atoms with Crippen molar-refractivity contribution in [1.82, 2.24) is 10.2 Å². The molecule has 0 unspecified atom stereocenters. The predicted molar refractivity (Wildman–Crippen MR) is 75.9 cm³/mol. The van der Waals surface area contributed by atoms with E-state index in [1.165, 1.54) is 23.1 Å². The summed E-state index contributed by atoms with van der Waals surface area (Å²) < 4.78 is 5.69. The maximum absolute atomic E-state index is 11.9. The molecule has 5 nitrogen and oxygen atoms in total. The van der Waals surface area contributed by atoms with Crippen LogP contribution in [-0.4, -0.2) is 22.8 Å². The van der Waals surface area contributed by atoms with E-state index in [-0.39, 0.29) is 6.61 Å². The zero-order valence-electron chi connectivity index (χ0n) is 9.92. The lowest BCUT2D eigenvalue weighted by Gasteiger charge is -2.10. The number of aromatic nitrogens is 2. The molecule has 0 aliphatic carbocycles. The normalized spacial score (nSPS) is 10.4. The van der Waals surface area contributed by atoms with Gasteiger partial charge in [-0.2, -0.15) is 0 Å². The molecule has 0 amide bonds. The first-order valence-corrected chi connectivity index (χ1v) is 7.39. The van der Waals surface area contributed by atoms with E-state index < -0.39 is 5.97 Å². The van der Waals surface area contributed by atoms with Crippen molar-refractivity contribution >= 4 is 46.4 Å². The van der Waals surface area contributed by atoms with Crippen LogP contribution in [0.5, 0.6) is 0 Å². The minimum Gasteiger partial charge on any atom is -0.462 e. The van der Waals surface area contributed by atoms with Gasteiger partial charge in [-0.1, -0.05) is 34.7 Å². The Morgan fingerprint density at radius 1 is 1.58 bits per heavy atom. The van der Waals surface area contributed by atoms with Gasteiger partial charge in [0.25, 0.3) is 0 Å². The molecule has 2 rings (SSSR count). The number of esters is 1. The van der Waals surface area contributed by atoms with Crippen LogP contribution in [0.3, 0.4) is 0 Å². The summed E-state index contributed by atoms with van der Waals surface area (Å²) in [5.41, 5.74) is 8.07. The number of benzene rings is 1. The second-order valence-electron chi connectivity index (χ2n) is 3.41. The lowest BCUT2D eigenvalue weighted by Crippen LogP contribution is -2.07. The van der Waals surface area contributed by atoms with Gasteiger partial charge in [0, 0.05) is 10.6 Å². The Labute approximate surface area is 123 Å². The average molecular weight is 316 g/mol. The zero-order valence-corrected chi connectivity index (χ0v) is 12.3. The largest absolute Gasteiger partial charge is 0.462 e. The summed E-state index contributed by atoms with van der Waals surface area (Å²) in [5, 5.41) is 8.04. The molecule has 0 aliphatic heterocycles. The molecule has 0 spiro atoms. The van der Waals surface area contributed by atoms with Gasteiger partial charge in [-0.15, -0.1) is 10.2 Å². The summed E-state index contributed by atoms with van der Waals surface area (Å²) in [4.78, 5) is 12.5. The van der Waals surface area contributed by atoms with E-state index in [1.807, 2.05) is 0 Å². The Kier molecular flexibility index (Phi) is 4.62. The Bertz CT molecular complexity index is 590. The smallest absolute Gasteiger partial charge is 0.339 e. The molecule has 100 valence electrons. The molecule has 0 radical (unpaired) electrons. The topological polar surface area (TPSA) is 78.1 Å². The van der Waals surface area contributed by atoms with Crippen molar-refractivity contribution in [3.63, 3.8) is 0 Å². The molecule has 1 aromatic heterocycles. The quantitative estimate of drug-likeness (QED) is 0.690. The number of ether oxygens (including phenoxy) is 1. The minimum atomic E-state index is -0.455. The fraction of sp³-hybridized carbons (Fsp3) is 0.182. The summed E-state index contributed by atoms with van der Waals surface area (Å²) >= 11 is 8.77. The van der Waals surface area contributed by atoms with Crippen molar-refractivity contribution in [1.29, 1.82) is 0 Å². The number of hydrogen-bond acceptors (Lipinski definition) is 7. The highest BCUT2D eigenvalue weighted by Gasteiger charge is 2.18. The third-order valence-electron chi connectivity index (χ3n) is 2.09. The Morgan fingerprint density at radius 3 is 3.00 bits per heavy atom. The van der Waals surface area contributed by atoms with Crippen LogP contribution in [0.2, 0.25) is 5.02 Å². The highest BCUT2D eigenvalue weighted by atomic mass is 35.5. The van der Waals surface area contributed by atoms with E-state index >= 15 is 0 Å². The van der Waals surface area contributed by atoms with E-state index in [9.17, 15) is 4.79 Å². The number of hydrogen-bond donors (Lipinski definition) is 1. The Hall–Kier alpha value is -1.31. The number of nitrogens with zero attached hydrogens (tertiary/aromatic N) is 2. The predicted octanol–water partition coefficient (Wildman–Crippen LogP) is 3.10. The van der Waals surface area contributed by atoms with E-state index in [1.54, 1.807) is 24.6 Å². The van der Waals surface area contributed by atoms with Gasteiger partial charge in [-0.25, -0.2) is 4.79 Å². The molecular formula is C11H10ClN3O2S2. The molecule has 0 fully saturated rings. The molecular weight excluding hydrogens is 306 g/mol. The third kappa shape index (κ3) is 3.37. The van der Waals surface area contributed by atoms with Crippen LogP contribution < -0.4 is 5.73 Å². The highest BCUT2D eigenvalue weighted by Crippen LogP contribution is 2.38. The molecule has 0 saturated carbocycles. The third-order valence-corrected chi connectivity index (χ3v) is 4.42. The van der Waals surface area contributed by atoms with Crippen LogP contribution in [0.25, 0.3) is 0 Å². The first kappa shape index (κ1) is 14.1. The fourth-order valence-electron chi connectivity index (χ4n) is 1.37. The van der Waals surface area contributed by atoms with Gasteiger partial charge >= 0.3 is 5.97 Å². The Morgan fingerprint density at radius 2 is 2.37 bits per heavy atom. The number of rotatable bonds is 4. The van der Waals surface area contributed by atoms with Gasteiger partial charge < -0.3 is 10.5 Å². The molecule has 0 bridgehead atoms. The van der Waals surface area contributed by atoms with Gasteiger partial charge in [0.1, 0.15) is 5.51 Å². The van der Waals surface area contributed by atoms with Gasteiger partial charge in [-0.3, -0.25) is 0 Å². The summed E-state index contributed by atoms with van der Waals surface area (Å²) in [6.45, 7) is 2.03. The van der Waals surface area contributed by atoms with Gasteiger partial charge in [0.2, 0.25) is 0 Å². The summed E-state index contributed by atoms with van der Waals surface area (Å²) in [6.07, 6.45) is 0. The van der Waals surface area contributed by atoms with Crippen molar-refractivity contribution in [3.8, 4) is 0 Å². The number of carbonyl (C=O) groups is 1. The lowest BCUT2D eigenvalue weighted by molar-refractivity contribution is 0.0522. The zero-order chi connectivity index (χ0) is 13.8. The summed E-state index contributed by atoms with van der Waals surface area (Å²) in [7, 11) is 0. The fourth-order valence-corrected chi connectivity index (χ4v) is 3.24. The highest BCUT2D eigenvalue weighted by molar-refractivity contribution is 8.01. The van der Waals surface area contributed by atoms with Crippen LogP contribution in [-0.2, 0) is 4.74 Å². The molecule has 2 N–H and O–H groups in total. The monoisotopic (exact) mass is 315 g/mol. The molecule has 0 aliphatic rings. The second-order valence-corrected chi connectivity index (χ2v) is 5.90. The van der Waals surface area contributed by atoms with Crippen molar-refractivity contribution in [2.75, 3.05) is 12.3 Å². The van der Waals surface area contributed by atoms with Crippen LogP contribution in [0, 0.1) is 0 Å². The van der Waals surface area contributed by atoms with E-state index in [2.05, 4.69) is 10.2 Å². The SMILES string of the molecule is CCOC(=O)c1cc(N)cc(Cl)c1Sc1nncs1. The van der Waals surface area contributed by atoms with Crippen LogP contribution in [0.15, 0.2) is 26.9 Å². The van der Waals surface area contributed by atoms with Crippen molar-refractivity contribution < 1.29 is 9.53 Å². The summed E-state index contributed by atoms with van der Waals surface area (Å²) in [5.74, 6) is -0.455. The summed E-state index contributed by atoms with van der Waals surface area (Å²) in [6, 6.07) is 3.14. The second kappa shape index (κ2) is 6.23. The van der Waals surface area contributed by atoms with Gasteiger partial charge in [0.05, 0.1) is 17.2 Å². The van der Waals surface area contributed by atoms with Crippen molar-refractivity contribution in [3.05, 3.63) is 28.2 Å². The maximum atomic E-state index is 11.9. The molecule has 2 aromatic rings. The number of nitrogen functional groups attached to an aromatic ring is 1. The number of anilines is 1. The van der Waals surface area contributed by atoms with E-state index in [0.29, 0.717) is 25.5 Å². The average Bonchev–Trinajstić information content (AvgIpc) is 2.85. The number of nitrogens with two attached hydrogens (primary N) is 1. The standard InChI is InChI=1S/C11H10ClN3O2S2/c1-2-17-10(16)7-3-6(13)4-8(12)9(7)19-11-15-14-5-18-11/h3-5H,2,13H2,1H3. The molecule has 1 heterocycles. The van der Waals surface area contributed by atoms with Crippen LogP contribution in [0.1, 0.15) is 17.3 Å². The molecule has 0 saturated heterocycles. The molecule has 8 heteroatoms. The van der Waals surface area contributed by atoms with Crippen molar-refractivity contribution in [2.45, 2.75) is 16.2 Å². The molecule has 1 aromatic carbocycles. The molecule has 19 heavy (non-hydrogen) atoms. The molecule has 0 atom stereocenters. The van der Waals surface area contributed by atoms with Crippen LogP contribution in [0.4, 0.5) is 5.69 Å². The minimum absolute atomic E-state index is 0.286.